The first kappa shape index (κ1) is 21.2. The second-order valence-corrected chi connectivity index (χ2v) is 10.1. The summed E-state index contributed by atoms with van der Waals surface area (Å²) >= 11 is 0. The van der Waals surface area contributed by atoms with E-state index in [4.69, 9.17) is 4.74 Å². The lowest BCUT2D eigenvalue weighted by Crippen LogP contribution is -2.37. The summed E-state index contributed by atoms with van der Waals surface area (Å²) in [4.78, 5) is 20.1. The molecule has 0 atom stereocenters. The van der Waals surface area contributed by atoms with Crippen LogP contribution >= 0.6 is 10.8 Å². The van der Waals surface area contributed by atoms with Gasteiger partial charge in [-0.1, -0.05) is 0 Å². The Labute approximate surface area is 187 Å². The van der Waals surface area contributed by atoms with Gasteiger partial charge in [-0.2, -0.15) is 9.40 Å². The Morgan fingerprint density at radius 2 is 2.03 bits per heavy atom. The molecule has 0 saturated carbocycles. The molecule has 1 aromatic carbocycles. The molecule has 0 radical (unpaired) electrons. The van der Waals surface area contributed by atoms with Crippen molar-refractivity contribution in [2.24, 2.45) is 0 Å². The van der Waals surface area contributed by atoms with Gasteiger partial charge in [0.2, 0.25) is 0 Å². The SMILES string of the molecule is CC(C)N1Cc2cc(NC(=O)c3cnn4cccnc34)c(N3CCOCC3)cc2S1(O)O. The molecule has 0 aliphatic carbocycles. The number of anilines is 2. The topological polar surface area (TPSA) is 115 Å². The van der Waals surface area contributed by atoms with Gasteiger partial charge in [-0.05, 0) is 37.6 Å². The fraction of sp³-hybridized carbons (Fsp3) is 0.381. The third-order valence-corrected chi connectivity index (χ3v) is 8.00. The molecule has 1 amide bonds. The van der Waals surface area contributed by atoms with Crippen LogP contribution in [0.1, 0.15) is 29.8 Å². The lowest BCUT2D eigenvalue weighted by atomic mass is 10.1. The molecule has 2 aliphatic rings. The first-order valence-corrected chi connectivity index (χ1v) is 12.0. The van der Waals surface area contributed by atoms with Crippen LogP contribution in [-0.4, -0.2) is 66.3 Å². The number of morpholine rings is 1. The van der Waals surface area contributed by atoms with Gasteiger partial charge in [0, 0.05) is 38.1 Å². The van der Waals surface area contributed by atoms with Crippen LogP contribution < -0.4 is 10.2 Å². The Balaban J connectivity index is 1.55. The smallest absolute Gasteiger partial charge is 0.261 e. The second-order valence-electron chi connectivity index (χ2n) is 8.16. The Bertz CT molecular complexity index is 1170. The van der Waals surface area contributed by atoms with Gasteiger partial charge in [0.05, 0.1) is 35.7 Å². The van der Waals surface area contributed by atoms with E-state index < -0.39 is 10.8 Å². The lowest BCUT2D eigenvalue weighted by Gasteiger charge is -2.40. The van der Waals surface area contributed by atoms with Gasteiger partial charge in [0.1, 0.15) is 5.56 Å². The van der Waals surface area contributed by atoms with Gasteiger partial charge in [0.25, 0.3) is 5.91 Å². The van der Waals surface area contributed by atoms with Crippen LogP contribution in [0.15, 0.2) is 41.7 Å². The van der Waals surface area contributed by atoms with E-state index in [2.05, 4.69) is 20.3 Å². The van der Waals surface area contributed by atoms with Crippen LogP contribution in [0.25, 0.3) is 5.65 Å². The molecule has 4 heterocycles. The minimum atomic E-state index is -3.08. The number of aromatic nitrogens is 3. The molecule has 2 aliphatic heterocycles. The Morgan fingerprint density at radius 1 is 1.25 bits per heavy atom. The molecule has 0 spiro atoms. The van der Waals surface area contributed by atoms with E-state index in [1.54, 1.807) is 27.3 Å². The van der Waals surface area contributed by atoms with E-state index in [0.29, 0.717) is 54.6 Å². The van der Waals surface area contributed by atoms with E-state index in [0.717, 1.165) is 11.3 Å². The highest BCUT2D eigenvalue weighted by Crippen LogP contribution is 2.61. The van der Waals surface area contributed by atoms with Crippen molar-refractivity contribution < 1.29 is 18.6 Å². The molecule has 1 saturated heterocycles. The first-order valence-electron chi connectivity index (χ1n) is 10.5. The molecule has 32 heavy (non-hydrogen) atoms. The van der Waals surface area contributed by atoms with Gasteiger partial charge in [-0.25, -0.2) is 9.50 Å². The van der Waals surface area contributed by atoms with Crippen molar-refractivity contribution in [3.63, 3.8) is 0 Å². The number of rotatable bonds is 4. The van der Waals surface area contributed by atoms with Crippen molar-refractivity contribution in [2.75, 3.05) is 36.5 Å². The zero-order valence-corrected chi connectivity index (χ0v) is 18.7. The second kappa shape index (κ2) is 8.01. The number of nitrogens with one attached hydrogen (secondary N) is 1. The van der Waals surface area contributed by atoms with Crippen LogP contribution in [0, 0.1) is 0 Å². The van der Waals surface area contributed by atoms with Gasteiger partial charge in [0.15, 0.2) is 5.65 Å². The number of carbonyl (C=O) groups excluding carboxylic acids is 1. The van der Waals surface area contributed by atoms with Crippen molar-refractivity contribution >= 4 is 33.7 Å². The summed E-state index contributed by atoms with van der Waals surface area (Å²) < 4.78 is 30.6. The van der Waals surface area contributed by atoms with Crippen molar-refractivity contribution in [3.05, 3.63) is 47.9 Å². The molecule has 1 fully saturated rings. The zero-order valence-electron chi connectivity index (χ0n) is 17.9. The summed E-state index contributed by atoms with van der Waals surface area (Å²) in [6.07, 6.45) is 4.85. The van der Waals surface area contributed by atoms with Crippen LogP contribution in [0.2, 0.25) is 0 Å². The standard InChI is InChI=1S/C21H26N6O4S/c1-14(2)27-13-15-10-17(24-21(28)16-12-23-26-5-3-4-22-20(16)26)18(11-19(15)32(27,29)30)25-6-8-31-9-7-25/h3-5,10-12,14,29-30H,6-9,13H2,1-2H3,(H,24,28). The molecule has 5 rings (SSSR count). The van der Waals surface area contributed by atoms with Crippen molar-refractivity contribution in [2.45, 2.75) is 31.3 Å². The molecular weight excluding hydrogens is 432 g/mol. The van der Waals surface area contributed by atoms with Crippen LogP contribution in [0.3, 0.4) is 0 Å². The fourth-order valence-electron chi connectivity index (χ4n) is 4.20. The zero-order chi connectivity index (χ0) is 22.5. The minimum absolute atomic E-state index is 0.0397. The first-order chi connectivity index (χ1) is 15.4. The number of fused-ring (bicyclic) bond motifs is 2. The van der Waals surface area contributed by atoms with Crippen LogP contribution in [-0.2, 0) is 11.3 Å². The Kier molecular flexibility index (Phi) is 5.30. The van der Waals surface area contributed by atoms with Gasteiger partial charge >= 0.3 is 0 Å². The van der Waals surface area contributed by atoms with Crippen molar-refractivity contribution in [1.29, 1.82) is 0 Å². The molecule has 170 valence electrons. The summed E-state index contributed by atoms with van der Waals surface area (Å²) in [5.41, 5.74) is 3.00. The number of hydrogen-bond donors (Lipinski definition) is 3. The van der Waals surface area contributed by atoms with Gasteiger partial charge in [-0.15, -0.1) is 10.8 Å². The predicted octanol–water partition coefficient (Wildman–Crippen LogP) is 3.07. The van der Waals surface area contributed by atoms with Crippen molar-refractivity contribution in [3.8, 4) is 0 Å². The summed E-state index contributed by atoms with van der Waals surface area (Å²) in [5.74, 6) is -0.321. The number of carbonyl (C=O) groups is 1. The Hall–Kier alpha value is -2.70. The predicted molar refractivity (Wildman–Crippen MR) is 122 cm³/mol. The molecule has 0 unspecified atom stereocenters. The van der Waals surface area contributed by atoms with Crippen LogP contribution in [0.4, 0.5) is 11.4 Å². The maximum atomic E-state index is 13.2. The molecule has 0 bridgehead atoms. The number of ether oxygens (including phenoxy) is 1. The molecule has 3 aromatic rings. The van der Waals surface area contributed by atoms with E-state index >= 15 is 0 Å². The normalized spacial score (nSPS) is 19.3. The Morgan fingerprint density at radius 3 is 2.78 bits per heavy atom. The van der Waals surface area contributed by atoms with Crippen molar-refractivity contribution in [1.82, 2.24) is 18.9 Å². The largest absolute Gasteiger partial charge is 0.378 e. The maximum absolute atomic E-state index is 13.2. The summed E-state index contributed by atoms with van der Waals surface area (Å²) in [5, 5.41) is 7.21. The highest BCUT2D eigenvalue weighted by molar-refractivity contribution is 8.22. The molecular formula is C21H26N6O4S. The molecule has 2 aromatic heterocycles. The van der Waals surface area contributed by atoms with Crippen LogP contribution in [0.5, 0.6) is 0 Å². The number of hydrogen-bond acceptors (Lipinski definition) is 8. The minimum Gasteiger partial charge on any atom is -0.378 e. The molecule has 3 N–H and O–H groups in total. The average molecular weight is 459 g/mol. The van der Waals surface area contributed by atoms with E-state index in [1.807, 2.05) is 26.0 Å². The van der Waals surface area contributed by atoms with Gasteiger partial charge in [-0.3, -0.25) is 13.9 Å². The highest BCUT2D eigenvalue weighted by Gasteiger charge is 2.38. The monoisotopic (exact) mass is 458 g/mol. The summed E-state index contributed by atoms with van der Waals surface area (Å²) in [6, 6.07) is 5.37. The quantitative estimate of drug-likeness (QED) is 0.546. The average Bonchev–Trinajstić information content (AvgIpc) is 3.32. The lowest BCUT2D eigenvalue weighted by molar-refractivity contribution is 0.102. The summed E-state index contributed by atoms with van der Waals surface area (Å²) in [6.45, 7) is 6.70. The number of nitrogens with zero attached hydrogens (tertiary/aromatic N) is 5. The fourth-order valence-corrected chi connectivity index (χ4v) is 6.10. The molecule has 11 heteroatoms. The van der Waals surface area contributed by atoms with E-state index in [1.165, 1.54) is 6.20 Å². The third kappa shape index (κ3) is 3.51. The van der Waals surface area contributed by atoms with E-state index in [-0.39, 0.29) is 11.9 Å². The summed E-state index contributed by atoms with van der Waals surface area (Å²) in [7, 11) is -3.08. The highest BCUT2D eigenvalue weighted by atomic mass is 32.3. The third-order valence-electron chi connectivity index (χ3n) is 5.83. The maximum Gasteiger partial charge on any atom is 0.261 e. The van der Waals surface area contributed by atoms with E-state index in [9.17, 15) is 13.9 Å². The van der Waals surface area contributed by atoms with Gasteiger partial charge < -0.3 is 15.0 Å². The molecule has 10 nitrogen and oxygen atoms in total. The number of amides is 1. The number of benzene rings is 1.